The molecule has 196 valence electrons. The van der Waals surface area contributed by atoms with E-state index >= 15 is 0 Å². The lowest BCUT2D eigenvalue weighted by Crippen LogP contribution is -2.51. The number of nitro groups is 2. The monoisotopic (exact) mass is 502 g/mol. The molecule has 10 nitrogen and oxygen atoms in total. The molecule has 2 unspecified atom stereocenters. The molecule has 2 aromatic rings. The van der Waals surface area contributed by atoms with Crippen LogP contribution in [-0.4, -0.2) is 70.8 Å². The molecule has 2 fully saturated rings. The normalized spacial score (nSPS) is 27.9. The van der Waals surface area contributed by atoms with Gasteiger partial charge in [0.25, 0.3) is 6.04 Å². The summed E-state index contributed by atoms with van der Waals surface area (Å²) in [7, 11) is 0. The smallest absolute Gasteiger partial charge is 0.268 e. The molecule has 2 aliphatic rings. The molecule has 0 saturated carbocycles. The van der Waals surface area contributed by atoms with Crippen LogP contribution in [0.2, 0.25) is 0 Å². The first kappa shape index (κ1) is 27.7. The lowest BCUT2D eigenvalue weighted by Gasteiger charge is -2.32. The van der Waals surface area contributed by atoms with Gasteiger partial charge in [-0.15, -0.1) is 0 Å². The predicted molar refractivity (Wildman–Crippen MR) is 132 cm³/mol. The van der Waals surface area contributed by atoms with Gasteiger partial charge in [0.05, 0.1) is 38.3 Å². The van der Waals surface area contributed by atoms with E-state index in [2.05, 4.69) is 29.0 Å². The topological polar surface area (TPSA) is 145 Å². The van der Waals surface area contributed by atoms with Crippen molar-refractivity contribution in [2.45, 2.75) is 50.0 Å². The molecule has 0 radical (unpaired) electrons. The Balaban J connectivity index is 0.000000275. The van der Waals surface area contributed by atoms with Crippen LogP contribution in [0.4, 0.5) is 0 Å². The van der Waals surface area contributed by atoms with Gasteiger partial charge in [0.2, 0.25) is 6.04 Å². The highest BCUT2D eigenvalue weighted by Gasteiger charge is 2.42. The van der Waals surface area contributed by atoms with E-state index in [9.17, 15) is 20.2 Å². The molecule has 10 heteroatoms. The van der Waals surface area contributed by atoms with E-state index in [-0.39, 0.29) is 30.0 Å². The zero-order valence-electron chi connectivity index (χ0n) is 20.1. The van der Waals surface area contributed by atoms with Crippen molar-refractivity contribution in [2.24, 2.45) is 11.8 Å². The van der Waals surface area contributed by atoms with Crippen molar-refractivity contribution < 1.29 is 29.5 Å². The molecular weight excluding hydrogens is 468 g/mol. The van der Waals surface area contributed by atoms with E-state index in [0.717, 1.165) is 25.7 Å². The summed E-state index contributed by atoms with van der Waals surface area (Å²) < 4.78 is 10.4. The average Bonchev–Trinajstić information content (AvgIpc) is 2.87. The second kappa shape index (κ2) is 14.0. The Morgan fingerprint density at radius 1 is 0.667 bits per heavy atom. The average molecular weight is 503 g/mol. The molecule has 2 saturated heterocycles. The van der Waals surface area contributed by atoms with Gasteiger partial charge < -0.3 is 19.7 Å². The van der Waals surface area contributed by atoms with Gasteiger partial charge in [-0.2, -0.15) is 0 Å². The summed E-state index contributed by atoms with van der Waals surface area (Å²) in [5.74, 6) is -0.0190. The second-order valence-electron chi connectivity index (χ2n) is 9.33. The number of nitrogens with zero attached hydrogens (tertiary/aromatic N) is 2. The van der Waals surface area contributed by atoms with Crippen molar-refractivity contribution in [3.05, 3.63) is 92.0 Å². The van der Waals surface area contributed by atoms with E-state index in [1.165, 1.54) is 11.1 Å². The minimum absolute atomic E-state index is 0.00951. The van der Waals surface area contributed by atoms with Crippen LogP contribution in [0.5, 0.6) is 0 Å². The third kappa shape index (κ3) is 8.06. The van der Waals surface area contributed by atoms with E-state index in [1.54, 1.807) is 0 Å². The Morgan fingerprint density at radius 3 is 1.42 bits per heavy atom. The molecule has 4 rings (SSSR count). The summed E-state index contributed by atoms with van der Waals surface area (Å²) >= 11 is 0. The van der Waals surface area contributed by atoms with Gasteiger partial charge in [-0.3, -0.25) is 20.2 Å². The van der Waals surface area contributed by atoms with Crippen molar-refractivity contribution in [3.8, 4) is 0 Å². The summed E-state index contributed by atoms with van der Waals surface area (Å²) in [6.07, 6.45) is 0.937. The fourth-order valence-corrected chi connectivity index (χ4v) is 4.84. The highest BCUT2D eigenvalue weighted by atomic mass is 16.6. The molecule has 36 heavy (non-hydrogen) atoms. The summed E-state index contributed by atoms with van der Waals surface area (Å²) in [6.45, 7) is 0.839. The summed E-state index contributed by atoms with van der Waals surface area (Å²) in [5.41, 5.74) is 2.46. The number of hydrogen-bond donors (Lipinski definition) is 2. The van der Waals surface area contributed by atoms with Gasteiger partial charge in [-0.1, -0.05) is 60.7 Å². The van der Waals surface area contributed by atoms with Crippen molar-refractivity contribution in [2.75, 3.05) is 26.4 Å². The number of aliphatic hydroxyl groups excluding tert-OH is 2. The van der Waals surface area contributed by atoms with Gasteiger partial charge in [0.15, 0.2) is 0 Å². The highest BCUT2D eigenvalue weighted by molar-refractivity contribution is 5.15. The quantitative estimate of drug-likeness (QED) is 0.414. The maximum absolute atomic E-state index is 11.7. The van der Waals surface area contributed by atoms with Gasteiger partial charge in [-0.25, -0.2) is 0 Å². The molecule has 6 atom stereocenters. The molecule has 2 heterocycles. The van der Waals surface area contributed by atoms with Gasteiger partial charge in [0.1, 0.15) is 12.2 Å². The number of ether oxygens (including phenoxy) is 2. The number of aliphatic hydroxyl groups is 2. The van der Waals surface area contributed by atoms with Crippen LogP contribution < -0.4 is 0 Å². The zero-order chi connectivity index (χ0) is 25.9. The van der Waals surface area contributed by atoms with Crippen LogP contribution in [-0.2, 0) is 22.3 Å². The Labute approximate surface area is 210 Å². The molecule has 0 spiro atoms. The minimum Gasteiger partial charge on any atom is -0.383 e. The van der Waals surface area contributed by atoms with Crippen molar-refractivity contribution in [3.63, 3.8) is 0 Å². The van der Waals surface area contributed by atoms with Crippen LogP contribution in [0.15, 0.2) is 60.7 Å². The number of rotatable bonds is 8. The van der Waals surface area contributed by atoms with Gasteiger partial charge in [0, 0.05) is 9.85 Å². The molecular formula is C26H34N2O8. The van der Waals surface area contributed by atoms with Gasteiger partial charge >= 0.3 is 0 Å². The fraction of sp³-hybridized carbons (Fsp3) is 0.538. The van der Waals surface area contributed by atoms with Crippen molar-refractivity contribution in [1.82, 2.24) is 0 Å². The van der Waals surface area contributed by atoms with E-state index in [1.807, 2.05) is 36.4 Å². The number of hydrogen-bond acceptors (Lipinski definition) is 8. The number of aryl methyl sites for hydroxylation is 2. The second-order valence-corrected chi connectivity index (χ2v) is 9.33. The maximum atomic E-state index is 11.7. The Bertz CT molecular complexity index is 884. The Hall–Kier alpha value is -2.92. The summed E-state index contributed by atoms with van der Waals surface area (Å²) in [5, 5.41) is 39.9. The first-order chi connectivity index (χ1) is 17.4. The largest absolute Gasteiger partial charge is 0.383 e. The standard InChI is InChI=1S/C21H25NO3.C5H9NO5/c23-22(24)21-19(13-11-17-7-3-1-4-8-17)15-25-16-20(21)14-12-18-9-5-2-6-10-18;7-3-1-11-2-4(8)5(3)6(9)10/h1-10,19-21H,11-16H2;3-5,7-8H,1-2H2/t19-,20+,21?;3-,4+,5?. The molecule has 0 aromatic heterocycles. The molecule has 2 aromatic carbocycles. The van der Waals surface area contributed by atoms with E-state index in [0.29, 0.717) is 13.2 Å². The zero-order valence-corrected chi connectivity index (χ0v) is 20.1. The van der Waals surface area contributed by atoms with Crippen LogP contribution in [0.3, 0.4) is 0 Å². The predicted octanol–water partition coefficient (Wildman–Crippen LogP) is 2.54. The summed E-state index contributed by atoms with van der Waals surface area (Å²) in [6, 6.07) is 18.6. The Kier molecular flexibility index (Phi) is 10.7. The van der Waals surface area contributed by atoms with Crippen LogP contribution >= 0.6 is 0 Å². The third-order valence-corrected chi connectivity index (χ3v) is 6.78. The number of benzene rings is 2. The first-order valence-electron chi connectivity index (χ1n) is 12.2. The van der Waals surface area contributed by atoms with Crippen LogP contribution in [0.1, 0.15) is 24.0 Å². The van der Waals surface area contributed by atoms with E-state index < -0.39 is 29.2 Å². The first-order valence-corrected chi connectivity index (χ1v) is 12.2. The van der Waals surface area contributed by atoms with Crippen molar-refractivity contribution in [1.29, 1.82) is 0 Å². The molecule has 0 amide bonds. The van der Waals surface area contributed by atoms with E-state index in [4.69, 9.17) is 14.9 Å². The lowest BCUT2D eigenvalue weighted by atomic mass is 9.81. The minimum atomic E-state index is -1.30. The molecule has 0 aliphatic carbocycles. The maximum Gasteiger partial charge on any atom is 0.268 e. The molecule has 2 aliphatic heterocycles. The van der Waals surface area contributed by atoms with Gasteiger partial charge in [-0.05, 0) is 36.8 Å². The van der Waals surface area contributed by atoms with Crippen LogP contribution in [0.25, 0.3) is 0 Å². The summed E-state index contributed by atoms with van der Waals surface area (Å²) in [4.78, 5) is 21.2. The molecule has 2 N–H and O–H groups in total. The third-order valence-electron chi connectivity index (χ3n) is 6.78. The SMILES string of the molecule is O=[N+]([O-])C1[C@H](CCc2ccccc2)COC[C@@H]1CCc1ccccc1.O=[N+]([O-])C1[C@H](O)COC[C@@H]1O. The van der Waals surface area contributed by atoms with Crippen LogP contribution in [0, 0.1) is 32.1 Å². The Morgan fingerprint density at radius 2 is 1.06 bits per heavy atom. The van der Waals surface area contributed by atoms with Crippen molar-refractivity contribution >= 4 is 0 Å². The highest BCUT2D eigenvalue weighted by Crippen LogP contribution is 2.30. The lowest BCUT2D eigenvalue weighted by molar-refractivity contribution is -0.552. The fourth-order valence-electron chi connectivity index (χ4n) is 4.84. The molecule has 0 bridgehead atoms.